The average Bonchev–Trinajstić information content (AvgIpc) is 3.42. The van der Waals surface area contributed by atoms with Crippen LogP contribution in [0, 0.1) is 28.6 Å². The van der Waals surface area contributed by atoms with Crippen LogP contribution in [0.25, 0.3) is 28.0 Å². The van der Waals surface area contributed by atoms with Gasteiger partial charge in [-0.05, 0) is 18.9 Å². The summed E-state index contributed by atoms with van der Waals surface area (Å²) < 4.78 is 4.90. The SMILES string of the molecule is Cn1cc(-c2cn3nccc3c(-c3cn([C@]4(CC#N)C[C@@H](C#N)C4)nc3N)n2)c(=O)[nH]1. The lowest BCUT2D eigenvalue weighted by atomic mass is 9.67. The summed E-state index contributed by atoms with van der Waals surface area (Å²) >= 11 is 0. The molecule has 0 radical (unpaired) electrons. The quantitative estimate of drug-likeness (QED) is 0.510. The molecule has 0 saturated heterocycles. The Bertz CT molecular complexity index is 1450. The lowest BCUT2D eigenvalue weighted by Gasteiger charge is -2.43. The van der Waals surface area contributed by atoms with Crippen molar-refractivity contribution in [3.63, 3.8) is 0 Å². The molecule has 31 heavy (non-hydrogen) atoms. The molecule has 11 nitrogen and oxygen atoms in total. The van der Waals surface area contributed by atoms with Crippen LogP contribution in [0.1, 0.15) is 19.3 Å². The predicted octanol–water partition coefficient (Wildman–Crippen LogP) is 1.41. The number of aromatic amines is 1. The highest BCUT2D eigenvalue weighted by atomic mass is 16.1. The fraction of sp³-hybridized carbons (Fsp3) is 0.300. The summed E-state index contributed by atoms with van der Waals surface area (Å²) in [6, 6.07) is 6.26. The van der Waals surface area contributed by atoms with E-state index < -0.39 is 5.54 Å². The number of nitrogens with one attached hydrogen (secondary N) is 1. The number of hydrogen-bond donors (Lipinski definition) is 2. The summed E-state index contributed by atoms with van der Waals surface area (Å²) in [5.74, 6) is 0.155. The maximum Gasteiger partial charge on any atom is 0.273 e. The first-order valence-corrected chi connectivity index (χ1v) is 9.67. The first kappa shape index (κ1) is 18.6. The number of aryl methyl sites for hydroxylation is 1. The minimum Gasteiger partial charge on any atom is -0.382 e. The van der Waals surface area contributed by atoms with Crippen molar-refractivity contribution in [2.75, 3.05) is 5.73 Å². The third-order valence-corrected chi connectivity index (χ3v) is 5.84. The van der Waals surface area contributed by atoms with Crippen LogP contribution in [0.2, 0.25) is 0 Å². The van der Waals surface area contributed by atoms with Gasteiger partial charge in [0.2, 0.25) is 0 Å². The van der Waals surface area contributed by atoms with Gasteiger partial charge in [0, 0.05) is 19.4 Å². The lowest BCUT2D eigenvalue weighted by Crippen LogP contribution is -2.46. The number of nitrogens with zero attached hydrogens (tertiary/aromatic N) is 8. The van der Waals surface area contributed by atoms with E-state index >= 15 is 0 Å². The van der Waals surface area contributed by atoms with Crippen molar-refractivity contribution in [3.8, 4) is 34.7 Å². The third-order valence-electron chi connectivity index (χ3n) is 5.84. The van der Waals surface area contributed by atoms with Crippen molar-refractivity contribution < 1.29 is 0 Å². The van der Waals surface area contributed by atoms with E-state index in [0.717, 1.165) is 0 Å². The van der Waals surface area contributed by atoms with E-state index in [1.165, 1.54) is 0 Å². The van der Waals surface area contributed by atoms with Crippen molar-refractivity contribution in [2.45, 2.75) is 24.8 Å². The van der Waals surface area contributed by atoms with Gasteiger partial charge in [0.05, 0.1) is 64.7 Å². The molecular formula is C20H18N10O. The Kier molecular flexibility index (Phi) is 3.95. The number of aromatic nitrogens is 7. The second kappa shape index (κ2) is 6.57. The molecule has 11 heteroatoms. The molecular weight excluding hydrogens is 396 g/mol. The fourth-order valence-corrected chi connectivity index (χ4v) is 4.26. The van der Waals surface area contributed by atoms with Gasteiger partial charge in [-0.25, -0.2) is 9.50 Å². The van der Waals surface area contributed by atoms with Crippen LogP contribution in [-0.2, 0) is 12.6 Å². The van der Waals surface area contributed by atoms with Gasteiger partial charge in [-0.15, -0.1) is 0 Å². The first-order valence-electron chi connectivity index (χ1n) is 9.67. The van der Waals surface area contributed by atoms with E-state index in [-0.39, 0.29) is 23.7 Å². The number of nitrogen functional groups attached to an aromatic ring is 1. The number of fused-ring (bicyclic) bond motifs is 1. The van der Waals surface area contributed by atoms with E-state index in [0.29, 0.717) is 40.9 Å². The summed E-state index contributed by atoms with van der Waals surface area (Å²) in [7, 11) is 1.72. The van der Waals surface area contributed by atoms with Gasteiger partial charge in [0.25, 0.3) is 5.56 Å². The predicted molar refractivity (Wildman–Crippen MR) is 110 cm³/mol. The smallest absolute Gasteiger partial charge is 0.273 e. The van der Waals surface area contributed by atoms with Crippen LogP contribution in [0.15, 0.2) is 35.6 Å². The zero-order chi connectivity index (χ0) is 21.8. The number of anilines is 1. The maximum atomic E-state index is 12.3. The van der Waals surface area contributed by atoms with E-state index in [9.17, 15) is 15.3 Å². The number of hydrogen-bond acceptors (Lipinski definition) is 7. The van der Waals surface area contributed by atoms with Crippen LogP contribution >= 0.6 is 0 Å². The van der Waals surface area contributed by atoms with Crippen LogP contribution < -0.4 is 11.3 Å². The second-order valence-corrected chi connectivity index (χ2v) is 7.90. The van der Waals surface area contributed by atoms with Crippen LogP contribution in [0.5, 0.6) is 0 Å². The van der Waals surface area contributed by atoms with Gasteiger partial charge >= 0.3 is 0 Å². The van der Waals surface area contributed by atoms with Gasteiger partial charge < -0.3 is 5.73 Å². The Labute approximate surface area is 175 Å². The van der Waals surface area contributed by atoms with Crippen molar-refractivity contribution in [3.05, 3.63) is 41.2 Å². The fourth-order valence-electron chi connectivity index (χ4n) is 4.26. The molecule has 154 valence electrons. The molecule has 0 bridgehead atoms. The van der Waals surface area contributed by atoms with Gasteiger partial charge in [-0.3, -0.25) is 19.3 Å². The summed E-state index contributed by atoms with van der Waals surface area (Å²) in [5.41, 5.74) is 8.13. The molecule has 5 rings (SSSR count). The molecule has 4 aromatic rings. The highest BCUT2D eigenvalue weighted by Crippen LogP contribution is 2.47. The zero-order valence-electron chi connectivity index (χ0n) is 16.6. The van der Waals surface area contributed by atoms with Gasteiger partial charge in [0.15, 0.2) is 5.82 Å². The van der Waals surface area contributed by atoms with Gasteiger partial charge in [-0.1, -0.05) is 0 Å². The number of H-pyrrole nitrogens is 1. The van der Waals surface area contributed by atoms with E-state index in [4.69, 9.17) is 10.7 Å². The van der Waals surface area contributed by atoms with Crippen LogP contribution in [0.3, 0.4) is 0 Å². The molecule has 3 N–H and O–H groups in total. The van der Waals surface area contributed by atoms with Crippen molar-refractivity contribution in [2.24, 2.45) is 13.0 Å². The molecule has 4 heterocycles. The molecule has 0 spiro atoms. The maximum absolute atomic E-state index is 12.3. The minimum atomic E-state index is -0.549. The minimum absolute atomic E-state index is 0.102. The largest absolute Gasteiger partial charge is 0.382 e. The third kappa shape index (κ3) is 2.79. The monoisotopic (exact) mass is 414 g/mol. The number of nitriles is 2. The summed E-state index contributed by atoms with van der Waals surface area (Å²) in [6.45, 7) is 0. The normalized spacial score (nSPS) is 20.3. The summed E-state index contributed by atoms with van der Waals surface area (Å²) in [6.07, 6.45) is 8.09. The van der Waals surface area contributed by atoms with Crippen LogP contribution in [0.4, 0.5) is 5.82 Å². The molecule has 1 fully saturated rings. The summed E-state index contributed by atoms with van der Waals surface area (Å²) in [4.78, 5) is 17.0. The van der Waals surface area contributed by atoms with E-state index in [1.54, 1.807) is 51.8 Å². The lowest BCUT2D eigenvalue weighted by molar-refractivity contribution is 0.0885. The molecule has 0 unspecified atom stereocenters. The highest BCUT2D eigenvalue weighted by Gasteiger charge is 2.47. The molecule has 4 aromatic heterocycles. The molecule has 0 atom stereocenters. The van der Waals surface area contributed by atoms with Crippen molar-refractivity contribution in [1.29, 1.82) is 10.5 Å². The summed E-state index contributed by atoms with van der Waals surface area (Å²) in [5, 5.41) is 30.0. The Balaban J connectivity index is 1.66. The van der Waals surface area contributed by atoms with Crippen molar-refractivity contribution >= 4 is 11.3 Å². The molecule has 1 aliphatic carbocycles. The second-order valence-electron chi connectivity index (χ2n) is 7.90. The standard InChI is InChI=1S/C20H18N10O/c1-28-9-13(19(31)27-28)15-11-29-16(2-5-24-29)17(25-15)14-10-30(26-18(14)23)20(3-4-21)6-12(7-20)8-22/h2,5,9-12H,3,6-7H2,1H3,(H2,23,26)(H,27,31)/t12-,20-. The molecule has 1 aliphatic rings. The zero-order valence-corrected chi connectivity index (χ0v) is 16.6. The van der Waals surface area contributed by atoms with Gasteiger partial charge in [0.1, 0.15) is 5.69 Å². The Morgan fingerprint density at radius 3 is 2.77 bits per heavy atom. The number of rotatable bonds is 4. The molecule has 0 aromatic carbocycles. The van der Waals surface area contributed by atoms with E-state index in [1.807, 2.05) is 0 Å². The Hall–Kier alpha value is -4.38. The van der Waals surface area contributed by atoms with Crippen LogP contribution in [-0.4, -0.2) is 34.2 Å². The Morgan fingerprint density at radius 2 is 2.10 bits per heavy atom. The molecule has 0 aliphatic heterocycles. The average molecular weight is 414 g/mol. The number of nitrogens with two attached hydrogens (primary N) is 1. The molecule has 0 amide bonds. The first-order chi connectivity index (χ1) is 14.9. The van der Waals surface area contributed by atoms with Gasteiger partial charge in [-0.2, -0.15) is 20.7 Å². The Morgan fingerprint density at radius 1 is 1.29 bits per heavy atom. The van der Waals surface area contributed by atoms with Crippen molar-refractivity contribution in [1.82, 2.24) is 34.2 Å². The van der Waals surface area contributed by atoms with E-state index in [2.05, 4.69) is 27.4 Å². The molecule has 1 saturated carbocycles. The topological polar surface area (TPSA) is 159 Å². The highest BCUT2D eigenvalue weighted by molar-refractivity contribution is 5.83.